The first kappa shape index (κ1) is 13.2. The Morgan fingerprint density at radius 2 is 2.06 bits per heavy atom. The molecule has 0 bridgehead atoms. The predicted molar refractivity (Wildman–Crippen MR) is 67.4 cm³/mol. The number of hydrogen-bond acceptors (Lipinski definition) is 2. The highest BCUT2D eigenvalue weighted by Gasteiger charge is 2.01. The maximum atomic E-state index is 11.5. The van der Waals surface area contributed by atoms with Crippen molar-refractivity contribution in [3.63, 3.8) is 0 Å². The molecule has 0 spiro atoms. The first-order valence-corrected chi connectivity index (χ1v) is 6.02. The second-order valence-electron chi connectivity index (χ2n) is 4.01. The van der Waals surface area contributed by atoms with E-state index in [-0.39, 0.29) is 5.91 Å². The molecule has 0 atom stereocenters. The summed E-state index contributed by atoms with van der Waals surface area (Å²) in [5.74, 6) is 0.0998. The molecular formula is C14H18N2O. The minimum Gasteiger partial charge on any atom is -0.356 e. The SMILES string of the molecule is CCCCNC(=O)CCc1ccc(C#N)cc1. The van der Waals surface area contributed by atoms with Gasteiger partial charge in [-0.3, -0.25) is 4.79 Å². The molecule has 0 aliphatic heterocycles. The van der Waals surface area contributed by atoms with Gasteiger partial charge in [-0.25, -0.2) is 0 Å². The second-order valence-corrected chi connectivity index (χ2v) is 4.01. The van der Waals surface area contributed by atoms with Crippen LogP contribution in [0.15, 0.2) is 24.3 Å². The van der Waals surface area contributed by atoms with Gasteiger partial charge in [-0.2, -0.15) is 5.26 Å². The largest absolute Gasteiger partial charge is 0.356 e. The molecule has 0 fully saturated rings. The fourth-order valence-electron chi connectivity index (χ4n) is 1.50. The smallest absolute Gasteiger partial charge is 0.220 e. The zero-order valence-corrected chi connectivity index (χ0v) is 10.2. The number of nitriles is 1. The van der Waals surface area contributed by atoms with E-state index in [0.29, 0.717) is 12.0 Å². The van der Waals surface area contributed by atoms with Crippen LogP contribution in [0.25, 0.3) is 0 Å². The molecule has 0 unspecified atom stereocenters. The van der Waals surface area contributed by atoms with Crippen LogP contribution in [0.1, 0.15) is 37.3 Å². The number of benzene rings is 1. The van der Waals surface area contributed by atoms with E-state index in [4.69, 9.17) is 5.26 Å². The van der Waals surface area contributed by atoms with Crippen LogP contribution in [0.2, 0.25) is 0 Å². The van der Waals surface area contributed by atoms with Gasteiger partial charge in [0.25, 0.3) is 0 Å². The maximum Gasteiger partial charge on any atom is 0.220 e. The minimum atomic E-state index is 0.0998. The molecule has 0 aliphatic carbocycles. The fourth-order valence-corrected chi connectivity index (χ4v) is 1.50. The number of nitrogens with one attached hydrogen (secondary N) is 1. The summed E-state index contributed by atoms with van der Waals surface area (Å²) in [4.78, 5) is 11.5. The molecule has 17 heavy (non-hydrogen) atoms. The number of carbonyl (C=O) groups is 1. The highest BCUT2D eigenvalue weighted by atomic mass is 16.1. The zero-order valence-electron chi connectivity index (χ0n) is 10.2. The number of hydrogen-bond donors (Lipinski definition) is 1. The van der Waals surface area contributed by atoms with Gasteiger partial charge in [-0.05, 0) is 30.5 Å². The summed E-state index contributed by atoms with van der Waals surface area (Å²) < 4.78 is 0. The van der Waals surface area contributed by atoms with Crippen LogP contribution >= 0.6 is 0 Å². The Labute approximate surface area is 102 Å². The van der Waals surface area contributed by atoms with Crippen molar-refractivity contribution in [2.24, 2.45) is 0 Å². The fraction of sp³-hybridized carbons (Fsp3) is 0.429. The zero-order chi connectivity index (χ0) is 12.5. The van der Waals surface area contributed by atoms with Gasteiger partial charge in [-0.15, -0.1) is 0 Å². The summed E-state index contributed by atoms with van der Waals surface area (Å²) in [5.41, 5.74) is 1.75. The van der Waals surface area contributed by atoms with Crippen LogP contribution in [-0.4, -0.2) is 12.5 Å². The topological polar surface area (TPSA) is 52.9 Å². The van der Waals surface area contributed by atoms with Crippen LogP contribution in [0, 0.1) is 11.3 Å². The van der Waals surface area contributed by atoms with E-state index in [2.05, 4.69) is 18.3 Å². The van der Waals surface area contributed by atoms with Gasteiger partial charge in [0.05, 0.1) is 11.6 Å². The van der Waals surface area contributed by atoms with E-state index in [1.165, 1.54) is 0 Å². The average Bonchev–Trinajstić information content (AvgIpc) is 2.37. The molecule has 1 N–H and O–H groups in total. The lowest BCUT2D eigenvalue weighted by Crippen LogP contribution is -2.24. The second kappa shape index (κ2) is 7.45. The van der Waals surface area contributed by atoms with Crippen LogP contribution < -0.4 is 5.32 Å². The Morgan fingerprint density at radius 3 is 2.65 bits per heavy atom. The number of nitrogens with zero attached hydrogens (tertiary/aromatic N) is 1. The van der Waals surface area contributed by atoms with Crippen molar-refractivity contribution >= 4 is 5.91 Å². The van der Waals surface area contributed by atoms with E-state index < -0.39 is 0 Å². The summed E-state index contributed by atoms with van der Waals surface area (Å²) in [5, 5.41) is 11.5. The molecule has 3 heteroatoms. The summed E-state index contributed by atoms with van der Waals surface area (Å²) in [6, 6.07) is 9.44. The molecule has 1 aromatic carbocycles. The van der Waals surface area contributed by atoms with Crippen molar-refractivity contribution in [2.45, 2.75) is 32.6 Å². The number of carbonyl (C=O) groups excluding carboxylic acids is 1. The Bertz CT molecular complexity index is 390. The quantitative estimate of drug-likeness (QED) is 0.763. The van der Waals surface area contributed by atoms with Gasteiger partial charge < -0.3 is 5.32 Å². The molecule has 0 heterocycles. The molecule has 0 aromatic heterocycles. The molecule has 0 radical (unpaired) electrons. The number of unbranched alkanes of at least 4 members (excludes halogenated alkanes) is 1. The standard InChI is InChI=1S/C14H18N2O/c1-2-3-10-16-14(17)9-8-12-4-6-13(11-15)7-5-12/h4-7H,2-3,8-10H2,1H3,(H,16,17). The lowest BCUT2D eigenvalue weighted by Gasteiger charge is -2.04. The third-order valence-corrected chi connectivity index (χ3v) is 2.58. The lowest BCUT2D eigenvalue weighted by molar-refractivity contribution is -0.121. The van der Waals surface area contributed by atoms with Crippen molar-refractivity contribution in [3.8, 4) is 6.07 Å². The van der Waals surface area contributed by atoms with E-state index in [0.717, 1.165) is 31.4 Å². The molecule has 0 aliphatic rings. The predicted octanol–water partition coefficient (Wildman–Crippen LogP) is 2.41. The van der Waals surface area contributed by atoms with E-state index in [1.807, 2.05) is 12.1 Å². The van der Waals surface area contributed by atoms with Gasteiger partial charge in [0, 0.05) is 13.0 Å². The number of aryl methyl sites for hydroxylation is 1. The lowest BCUT2D eigenvalue weighted by atomic mass is 10.1. The average molecular weight is 230 g/mol. The van der Waals surface area contributed by atoms with Gasteiger partial charge in [0.2, 0.25) is 5.91 Å². The van der Waals surface area contributed by atoms with Crippen molar-refractivity contribution in [1.29, 1.82) is 5.26 Å². The summed E-state index contributed by atoms with van der Waals surface area (Å²) >= 11 is 0. The van der Waals surface area contributed by atoms with E-state index in [9.17, 15) is 4.79 Å². The van der Waals surface area contributed by atoms with Crippen LogP contribution in [0.5, 0.6) is 0 Å². The first-order chi connectivity index (χ1) is 8.26. The van der Waals surface area contributed by atoms with Gasteiger partial charge in [-0.1, -0.05) is 25.5 Å². The molecule has 3 nitrogen and oxygen atoms in total. The Hall–Kier alpha value is -1.82. The highest BCUT2D eigenvalue weighted by molar-refractivity contribution is 5.76. The Balaban J connectivity index is 2.30. The monoisotopic (exact) mass is 230 g/mol. The highest BCUT2D eigenvalue weighted by Crippen LogP contribution is 2.05. The molecule has 1 rings (SSSR count). The molecular weight excluding hydrogens is 212 g/mol. The molecule has 0 saturated carbocycles. The van der Waals surface area contributed by atoms with Crippen molar-refractivity contribution in [1.82, 2.24) is 5.32 Å². The Morgan fingerprint density at radius 1 is 1.35 bits per heavy atom. The minimum absolute atomic E-state index is 0.0998. The van der Waals surface area contributed by atoms with Crippen LogP contribution in [0.4, 0.5) is 0 Å². The summed E-state index contributed by atoms with van der Waals surface area (Å²) in [7, 11) is 0. The summed E-state index contributed by atoms with van der Waals surface area (Å²) in [6.07, 6.45) is 3.36. The first-order valence-electron chi connectivity index (χ1n) is 6.02. The molecule has 1 aromatic rings. The molecule has 0 saturated heterocycles. The van der Waals surface area contributed by atoms with Gasteiger partial charge in [0.15, 0.2) is 0 Å². The van der Waals surface area contributed by atoms with Crippen molar-refractivity contribution in [2.75, 3.05) is 6.54 Å². The third-order valence-electron chi connectivity index (χ3n) is 2.58. The summed E-state index contributed by atoms with van der Waals surface area (Å²) in [6.45, 7) is 2.87. The van der Waals surface area contributed by atoms with E-state index in [1.54, 1.807) is 12.1 Å². The van der Waals surface area contributed by atoms with Crippen molar-refractivity contribution < 1.29 is 4.79 Å². The van der Waals surface area contributed by atoms with Crippen molar-refractivity contribution in [3.05, 3.63) is 35.4 Å². The van der Waals surface area contributed by atoms with Crippen LogP contribution in [-0.2, 0) is 11.2 Å². The molecule has 1 amide bonds. The number of amides is 1. The Kier molecular flexibility index (Phi) is 5.81. The van der Waals surface area contributed by atoms with Gasteiger partial charge in [0.1, 0.15) is 0 Å². The van der Waals surface area contributed by atoms with Crippen LogP contribution in [0.3, 0.4) is 0 Å². The number of rotatable bonds is 6. The van der Waals surface area contributed by atoms with E-state index >= 15 is 0 Å². The maximum absolute atomic E-state index is 11.5. The third kappa shape index (κ3) is 5.17. The molecule has 90 valence electrons. The normalized spacial score (nSPS) is 9.65. The van der Waals surface area contributed by atoms with Gasteiger partial charge >= 0.3 is 0 Å².